The molecule has 1 aromatic rings. The van der Waals surface area contributed by atoms with Crippen molar-refractivity contribution in [3.8, 4) is 0 Å². The van der Waals surface area contributed by atoms with Crippen LogP contribution in [-0.2, 0) is 6.54 Å². The summed E-state index contributed by atoms with van der Waals surface area (Å²) in [5, 5.41) is 0. The molecule has 0 saturated carbocycles. The van der Waals surface area contributed by atoms with E-state index in [1.165, 1.54) is 15.6 Å². The van der Waals surface area contributed by atoms with Crippen LogP contribution in [0.2, 0.25) is 0 Å². The van der Waals surface area contributed by atoms with E-state index in [-0.39, 0.29) is 0 Å². The van der Waals surface area contributed by atoms with Gasteiger partial charge in [0, 0.05) is 30.1 Å². The molecule has 2 N–H and O–H groups in total. The van der Waals surface area contributed by atoms with E-state index in [1.807, 2.05) is 0 Å². The van der Waals surface area contributed by atoms with Gasteiger partial charge in [0.1, 0.15) is 0 Å². The third-order valence-electron chi connectivity index (χ3n) is 3.37. The zero-order valence-electron chi connectivity index (χ0n) is 10.6. The first-order chi connectivity index (χ1) is 8.04. The van der Waals surface area contributed by atoms with E-state index in [4.69, 9.17) is 5.73 Å². The first-order valence-electron chi connectivity index (χ1n) is 6.27. The minimum atomic E-state index is 0.336. The van der Waals surface area contributed by atoms with Crippen LogP contribution < -0.4 is 5.73 Å². The number of hydrogen-bond donors (Lipinski definition) is 1. The molecule has 1 aliphatic rings. The number of aryl methyl sites for hydroxylation is 1. The van der Waals surface area contributed by atoms with E-state index in [0.717, 1.165) is 26.1 Å². The molecule has 1 aromatic carbocycles. The van der Waals surface area contributed by atoms with E-state index < -0.39 is 0 Å². The van der Waals surface area contributed by atoms with Crippen molar-refractivity contribution >= 4 is 15.9 Å². The molecule has 0 aliphatic carbocycles. The fourth-order valence-corrected chi connectivity index (χ4v) is 3.28. The van der Waals surface area contributed by atoms with Crippen LogP contribution in [0.4, 0.5) is 0 Å². The molecule has 1 saturated heterocycles. The van der Waals surface area contributed by atoms with Gasteiger partial charge in [-0.2, -0.15) is 0 Å². The van der Waals surface area contributed by atoms with E-state index in [2.05, 4.69) is 52.9 Å². The summed E-state index contributed by atoms with van der Waals surface area (Å²) in [6, 6.07) is 6.91. The first-order valence-corrected chi connectivity index (χ1v) is 7.07. The van der Waals surface area contributed by atoms with Crippen molar-refractivity contribution in [1.82, 2.24) is 4.90 Å². The van der Waals surface area contributed by atoms with Gasteiger partial charge in [-0.3, -0.25) is 4.90 Å². The minimum absolute atomic E-state index is 0.336. The van der Waals surface area contributed by atoms with E-state index in [1.54, 1.807) is 0 Å². The third-order valence-corrected chi connectivity index (χ3v) is 4.11. The second-order valence-electron chi connectivity index (χ2n) is 5.39. The zero-order valence-corrected chi connectivity index (χ0v) is 12.2. The molecule has 0 aromatic heterocycles. The summed E-state index contributed by atoms with van der Waals surface area (Å²) in [5.41, 5.74) is 8.73. The number of hydrogen-bond acceptors (Lipinski definition) is 2. The highest BCUT2D eigenvalue weighted by atomic mass is 79.9. The zero-order chi connectivity index (χ0) is 12.4. The van der Waals surface area contributed by atoms with Gasteiger partial charge in [-0.05, 0) is 36.5 Å². The Morgan fingerprint density at radius 2 is 2.18 bits per heavy atom. The average Bonchev–Trinajstić information content (AvgIpc) is 2.21. The van der Waals surface area contributed by atoms with Crippen molar-refractivity contribution in [2.24, 2.45) is 11.7 Å². The highest BCUT2D eigenvalue weighted by Gasteiger charge is 2.22. The topological polar surface area (TPSA) is 29.3 Å². The quantitative estimate of drug-likeness (QED) is 0.909. The number of rotatable bonds is 2. The van der Waals surface area contributed by atoms with Gasteiger partial charge in [0.15, 0.2) is 0 Å². The Labute approximate surface area is 112 Å². The molecule has 0 bridgehead atoms. The van der Waals surface area contributed by atoms with Crippen LogP contribution in [0.25, 0.3) is 0 Å². The molecular weight excluding hydrogens is 276 g/mol. The van der Waals surface area contributed by atoms with Crippen LogP contribution in [-0.4, -0.2) is 24.0 Å². The SMILES string of the molecule is Cc1ccc(CN2CC(C)CC(N)C2)c(Br)c1. The van der Waals surface area contributed by atoms with Crippen LogP contribution in [0.15, 0.2) is 22.7 Å². The molecule has 0 spiro atoms. The van der Waals surface area contributed by atoms with Crippen LogP contribution in [0.1, 0.15) is 24.5 Å². The Bertz CT molecular complexity index is 382. The molecule has 2 nitrogen and oxygen atoms in total. The summed E-state index contributed by atoms with van der Waals surface area (Å²) in [6.45, 7) is 7.58. The maximum Gasteiger partial charge on any atom is 0.0245 e. The molecule has 2 rings (SSSR count). The van der Waals surface area contributed by atoms with Crippen LogP contribution in [0.5, 0.6) is 0 Å². The van der Waals surface area contributed by atoms with E-state index >= 15 is 0 Å². The largest absolute Gasteiger partial charge is 0.327 e. The van der Waals surface area contributed by atoms with Gasteiger partial charge in [0.2, 0.25) is 0 Å². The Morgan fingerprint density at radius 1 is 1.41 bits per heavy atom. The lowest BCUT2D eigenvalue weighted by molar-refractivity contribution is 0.158. The second kappa shape index (κ2) is 5.51. The third kappa shape index (κ3) is 3.54. The molecule has 2 unspecified atom stereocenters. The number of benzene rings is 1. The standard InChI is InChI=1S/C14H21BrN2/c1-10-3-4-12(14(15)6-10)8-17-7-11(2)5-13(16)9-17/h3-4,6,11,13H,5,7-9,16H2,1-2H3. The highest BCUT2D eigenvalue weighted by molar-refractivity contribution is 9.10. The maximum absolute atomic E-state index is 6.08. The number of piperidine rings is 1. The Kier molecular flexibility index (Phi) is 4.23. The molecule has 0 radical (unpaired) electrons. The summed E-state index contributed by atoms with van der Waals surface area (Å²) in [7, 11) is 0. The number of nitrogens with zero attached hydrogens (tertiary/aromatic N) is 1. The molecule has 1 heterocycles. The van der Waals surface area contributed by atoms with Gasteiger partial charge in [-0.15, -0.1) is 0 Å². The minimum Gasteiger partial charge on any atom is -0.327 e. The molecular formula is C14H21BrN2. The summed E-state index contributed by atoms with van der Waals surface area (Å²) in [5.74, 6) is 0.711. The van der Waals surface area contributed by atoms with Crippen LogP contribution in [0, 0.1) is 12.8 Å². The van der Waals surface area contributed by atoms with E-state index in [0.29, 0.717) is 12.0 Å². The predicted octanol–water partition coefficient (Wildman–Crippen LogP) is 2.93. The fourth-order valence-electron chi connectivity index (χ4n) is 2.66. The molecule has 2 atom stereocenters. The maximum atomic E-state index is 6.08. The van der Waals surface area contributed by atoms with Crippen molar-refractivity contribution in [1.29, 1.82) is 0 Å². The summed E-state index contributed by atoms with van der Waals surface area (Å²) >= 11 is 3.65. The van der Waals surface area contributed by atoms with Crippen molar-refractivity contribution in [2.75, 3.05) is 13.1 Å². The lowest BCUT2D eigenvalue weighted by Gasteiger charge is -2.35. The molecule has 1 aliphatic heterocycles. The lowest BCUT2D eigenvalue weighted by Crippen LogP contribution is -2.45. The summed E-state index contributed by atoms with van der Waals surface area (Å²) < 4.78 is 1.21. The van der Waals surface area contributed by atoms with Crippen LogP contribution in [0.3, 0.4) is 0 Å². The van der Waals surface area contributed by atoms with Crippen molar-refractivity contribution in [2.45, 2.75) is 32.9 Å². The predicted molar refractivity (Wildman–Crippen MR) is 75.9 cm³/mol. The van der Waals surface area contributed by atoms with Gasteiger partial charge in [-0.25, -0.2) is 0 Å². The van der Waals surface area contributed by atoms with Gasteiger partial charge < -0.3 is 5.73 Å². The smallest absolute Gasteiger partial charge is 0.0245 e. The van der Waals surface area contributed by atoms with Crippen molar-refractivity contribution < 1.29 is 0 Å². The van der Waals surface area contributed by atoms with Crippen molar-refractivity contribution in [3.05, 3.63) is 33.8 Å². The molecule has 17 heavy (non-hydrogen) atoms. The summed E-state index contributed by atoms with van der Waals surface area (Å²) in [4.78, 5) is 2.47. The van der Waals surface area contributed by atoms with Gasteiger partial charge in [-0.1, -0.05) is 35.0 Å². The fraction of sp³-hybridized carbons (Fsp3) is 0.571. The average molecular weight is 297 g/mol. The Balaban J connectivity index is 2.04. The second-order valence-corrected chi connectivity index (χ2v) is 6.24. The van der Waals surface area contributed by atoms with E-state index in [9.17, 15) is 0 Å². The highest BCUT2D eigenvalue weighted by Crippen LogP contribution is 2.23. The summed E-state index contributed by atoms with van der Waals surface area (Å²) in [6.07, 6.45) is 1.16. The Hall–Kier alpha value is -0.380. The number of halogens is 1. The first kappa shape index (κ1) is 13.1. The number of nitrogens with two attached hydrogens (primary N) is 1. The van der Waals surface area contributed by atoms with Gasteiger partial charge in [0.05, 0.1) is 0 Å². The molecule has 94 valence electrons. The Morgan fingerprint density at radius 3 is 2.82 bits per heavy atom. The van der Waals surface area contributed by atoms with Gasteiger partial charge >= 0.3 is 0 Å². The monoisotopic (exact) mass is 296 g/mol. The van der Waals surface area contributed by atoms with Crippen LogP contribution >= 0.6 is 15.9 Å². The normalized spacial score (nSPS) is 26.1. The lowest BCUT2D eigenvalue weighted by atomic mass is 9.96. The molecule has 1 fully saturated rings. The number of likely N-dealkylation sites (tertiary alicyclic amines) is 1. The molecule has 3 heteroatoms. The molecule has 0 amide bonds. The van der Waals surface area contributed by atoms with Gasteiger partial charge in [0.25, 0.3) is 0 Å². The van der Waals surface area contributed by atoms with Crippen molar-refractivity contribution in [3.63, 3.8) is 0 Å².